The summed E-state index contributed by atoms with van der Waals surface area (Å²) in [6.45, 7) is 0. The molecule has 1 saturated carbocycles. The maximum atomic E-state index is 12.5. The number of amides is 2. The number of nitrogens with zero attached hydrogens (tertiary/aromatic N) is 1. The van der Waals surface area contributed by atoms with Crippen molar-refractivity contribution in [3.8, 4) is 17.4 Å². The number of carboxylic acids is 2. The molecule has 1 aliphatic rings. The fourth-order valence-electron chi connectivity index (χ4n) is 4.99. The standard InChI is InChI=1S/C34H31N3O8/c38-30(37-29-4-2-1-3-28(29)34(42)43)19-21-5-18-31(35-20-21)45-27-16-14-26(15-17-27)44-25-12-10-24(11-13-25)36-32(39)22-6-8-23(9-7-22)33(40)41/h1-9,14-18,20,24-25H,10-13,19H2,(H,36,39)(H,37,38)(H,40,41)(H,42,43). The number of benzene rings is 3. The topological polar surface area (TPSA) is 164 Å². The van der Waals surface area contributed by atoms with Crippen LogP contribution in [0.1, 0.15) is 62.3 Å². The van der Waals surface area contributed by atoms with E-state index in [0.717, 1.165) is 25.7 Å². The van der Waals surface area contributed by atoms with Gasteiger partial charge in [-0.3, -0.25) is 9.59 Å². The summed E-state index contributed by atoms with van der Waals surface area (Å²) in [5.41, 5.74) is 1.45. The maximum absolute atomic E-state index is 12.5. The Morgan fingerprint density at radius 2 is 1.42 bits per heavy atom. The summed E-state index contributed by atoms with van der Waals surface area (Å²) >= 11 is 0. The van der Waals surface area contributed by atoms with E-state index in [1.807, 2.05) is 12.1 Å². The van der Waals surface area contributed by atoms with Gasteiger partial charge in [0.15, 0.2) is 0 Å². The van der Waals surface area contributed by atoms with Gasteiger partial charge in [0.2, 0.25) is 11.8 Å². The van der Waals surface area contributed by atoms with Crippen LogP contribution in [0.25, 0.3) is 0 Å². The minimum absolute atomic E-state index is 0.0160. The molecule has 4 aromatic rings. The van der Waals surface area contributed by atoms with Crippen LogP contribution in [0.4, 0.5) is 5.69 Å². The van der Waals surface area contributed by atoms with Gasteiger partial charge in [-0.15, -0.1) is 0 Å². The van der Waals surface area contributed by atoms with Crippen molar-refractivity contribution in [1.82, 2.24) is 10.3 Å². The van der Waals surface area contributed by atoms with Crippen LogP contribution >= 0.6 is 0 Å². The van der Waals surface area contributed by atoms with E-state index in [0.29, 0.717) is 28.5 Å². The summed E-state index contributed by atoms with van der Waals surface area (Å²) in [6, 6.07) is 22.7. The van der Waals surface area contributed by atoms with E-state index in [4.69, 9.17) is 14.6 Å². The molecule has 0 radical (unpaired) electrons. The first-order valence-electron chi connectivity index (χ1n) is 14.4. The van der Waals surface area contributed by atoms with E-state index in [9.17, 15) is 24.3 Å². The van der Waals surface area contributed by atoms with Crippen LogP contribution in [-0.2, 0) is 11.2 Å². The van der Waals surface area contributed by atoms with Gasteiger partial charge in [-0.2, -0.15) is 0 Å². The highest BCUT2D eigenvalue weighted by atomic mass is 16.5. The molecular weight excluding hydrogens is 578 g/mol. The molecule has 0 atom stereocenters. The molecule has 230 valence electrons. The zero-order chi connectivity index (χ0) is 31.8. The first-order chi connectivity index (χ1) is 21.7. The first-order valence-corrected chi connectivity index (χ1v) is 14.4. The van der Waals surface area contributed by atoms with Gasteiger partial charge >= 0.3 is 11.9 Å². The molecule has 1 aliphatic carbocycles. The molecule has 0 unspecified atom stereocenters. The average Bonchev–Trinajstić information content (AvgIpc) is 3.04. The Morgan fingerprint density at radius 1 is 0.756 bits per heavy atom. The third-order valence-corrected chi connectivity index (χ3v) is 7.35. The fourth-order valence-corrected chi connectivity index (χ4v) is 4.99. The number of hydrogen-bond acceptors (Lipinski definition) is 7. The monoisotopic (exact) mass is 609 g/mol. The van der Waals surface area contributed by atoms with Crippen molar-refractivity contribution in [1.29, 1.82) is 0 Å². The van der Waals surface area contributed by atoms with Gasteiger partial charge < -0.3 is 30.3 Å². The summed E-state index contributed by atoms with van der Waals surface area (Å²) in [6.07, 6.45) is 4.66. The summed E-state index contributed by atoms with van der Waals surface area (Å²) < 4.78 is 12.0. The summed E-state index contributed by atoms with van der Waals surface area (Å²) in [4.78, 5) is 51.6. The van der Waals surface area contributed by atoms with Crippen molar-refractivity contribution in [2.75, 3.05) is 5.32 Å². The number of aromatic carboxylic acids is 2. The minimum Gasteiger partial charge on any atom is -0.490 e. The number of nitrogens with one attached hydrogen (secondary N) is 2. The Hall–Kier alpha value is -5.71. The minimum atomic E-state index is -1.12. The molecule has 5 rings (SSSR count). The van der Waals surface area contributed by atoms with Gasteiger partial charge in [0, 0.05) is 23.9 Å². The molecule has 11 nitrogen and oxygen atoms in total. The Labute approximate surface area is 258 Å². The lowest BCUT2D eigenvalue weighted by atomic mass is 9.92. The summed E-state index contributed by atoms with van der Waals surface area (Å²) in [5.74, 6) is -1.12. The molecule has 0 aliphatic heterocycles. The molecule has 3 aromatic carbocycles. The number of carbonyl (C=O) groups excluding carboxylic acids is 2. The predicted octanol–water partition coefficient (Wildman–Crippen LogP) is 5.57. The van der Waals surface area contributed by atoms with Crippen LogP contribution in [0, 0.1) is 0 Å². The number of hydrogen-bond donors (Lipinski definition) is 4. The lowest BCUT2D eigenvalue weighted by Gasteiger charge is -2.29. The SMILES string of the molecule is O=C(Cc1ccc(Oc2ccc(OC3CCC(NC(=O)c4ccc(C(=O)O)cc4)CC3)cc2)nc1)Nc1ccccc1C(=O)O. The highest BCUT2D eigenvalue weighted by Crippen LogP contribution is 2.27. The summed E-state index contributed by atoms with van der Waals surface area (Å²) in [7, 11) is 0. The molecule has 4 N–H and O–H groups in total. The smallest absolute Gasteiger partial charge is 0.337 e. The van der Waals surface area contributed by atoms with Crippen LogP contribution in [0.15, 0.2) is 91.1 Å². The van der Waals surface area contributed by atoms with Gasteiger partial charge in [0.05, 0.1) is 29.3 Å². The lowest BCUT2D eigenvalue weighted by Crippen LogP contribution is -2.39. The van der Waals surface area contributed by atoms with E-state index in [-0.39, 0.29) is 47.2 Å². The second-order valence-electron chi connectivity index (χ2n) is 10.6. The maximum Gasteiger partial charge on any atom is 0.337 e. The van der Waals surface area contributed by atoms with Crippen LogP contribution < -0.4 is 20.1 Å². The van der Waals surface area contributed by atoms with Crippen LogP contribution in [0.5, 0.6) is 17.4 Å². The molecule has 1 aromatic heterocycles. The predicted molar refractivity (Wildman–Crippen MR) is 164 cm³/mol. The molecule has 0 bridgehead atoms. The van der Waals surface area contributed by atoms with Gasteiger partial charge in [-0.25, -0.2) is 14.6 Å². The Balaban J connectivity index is 1.05. The second-order valence-corrected chi connectivity index (χ2v) is 10.6. The van der Waals surface area contributed by atoms with Crippen molar-refractivity contribution in [2.24, 2.45) is 0 Å². The molecule has 0 spiro atoms. The molecule has 0 saturated heterocycles. The fraction of sp³-hybridized carbons (Fsp3) is 0.206. The van der Waals surface area contributed by atoms with E-state index in [1.54, 1.807) is 36.4 Å². The van der Waals surface area contributed by atoms with Crippen LogP contribution in [0.3, 0.4) is 0 Å². The number of pyridine rings is 1. The number of rotatable bonds is 11. The van der Waals surface area contributed by atoms with Crippen LogP contribution in [-0.4, -0.2) is 51.1 Å². The first kappa shape index (κ1) is 30.7. The third kappa shape index (κ3) is 8.44. The number of aromatic nitrogens is 1. The van der Waals surface area contributed by atoms with E-state index >= 15 is 0 Å². The van der Waals surface area contributed by atoms with E-state index < -0.39 is 11.9 Å². The van der Waals surface area contributed by atoms with Crippen molar-refractivity contribution >= 4 is 29.4 Å². The number of anilines is 1. The third-order valence-electron chi connectivity index (χ3n) is 7.35. The quantitative estimate of drug-likeness (QED) is 0.170. The van der Waals surface area contributed by atoms with Crippen molar-refractivity contribution < 1.29 is 38.9 Å². The van der Waals surface area contributed by atoms with Crippen molar-refractivity contribution in [3.63, 3.8) is 0 Å². The molecule has 2 amide bonds. The molecule has 1 fully saturated rings. The highest BCUT2D eigenvalue weighted by Gasteiger charge is 2.24. The lowest BCUT2D eigenvalue weighted by molar-refractivity contribution is -0.115. The van der Waals surface area contributed by atoms with E-state index in [2.05, 4.69) is 15.6 Å². The molecular formula is C34H31N3O8. The normalized spacial score (nSPS) is 15.8. The second kappa shape index (κ2) is 14.2. The van der Waals surface area contributed by atoms with Gasteiger partial charge in [-0.05, 0) is 91.9 Å². The largest absolute Gasteiger partial charge is 0.490 e. The highest BCUT2D eigenvalue weighted by molar-refractivity contribution is 6.01. The number of para-hydroxylation sites is 1. The Morgan fingerprint density at radius 3 is 2.07 bits per heavy atom. The van der Waals surface area contributed by atoms with E-state index in [1.165, 1.54) is 42.6 Å². The molecule has 45 heavy (non-hydrogen) atoms. The number of ether oxygens (including phenoxy) is 2. The summed E-state index contributed by atoms with van der Waals surface area (Å²) in [5, 5.41) is 23.9. The Bertz CT molecular complexity index is 1660. The van der Waals surface area contributed by atoms with Crippen molar-refractivity contribution in [3.05, 3.63) is 113 Å². The number of carboxylic acid groups (broad SMARTS) is 2. The average molecular weight is 610 g/mol. The zero-order valence-electron chi connectivity index (χ0n) is 24.1. The molecule has 11 heteroatoms. The number of carbonyl (C=O) groups is 4. The van der Waals surface area contributed by atoms with Crippen molar-refractivity contribution in [2.45, 2.75) is 44.2 Å². The van der Waals surface area contributed by atoms with Gasteiger partial charge in [0.1, 0.15) is 11.5 Å². The van der Waals surface area contributed by atoms with Gasteiger partial charge in [0.25, 0.3) is 5.91 Å². The zero-order valence-corrected chi connectivity index (χ0v) is 24.1. The molecule has 1 heterocycles. The Kier molecular flexibility index (Phi) is 9.68. The van der Waals surface area contributed by atoms with Gasteiger partial charge in [-0.1, -0.05) is 18.2 Å². The van der Waals surface area contributed by atoms with Crippen LogP contribution in [0.2, 0.25) is 0 Å².